The smallest absolute Gasteiger partial charge is 0.345 e. The van der Waals surface area contributed by atoms with E-state index in [1.54, 1.807) is 31.3 Å². The first kappa shape index (κ1) is 62.1. The molecule has 0 unspecified atom stereocenters. The molecule has 436 valence electrons. The summed E-state index contributed by atoms with van der Waals surface area (Å²) in [6.07, 6.45) is -3.51. The first-order valence-electron chi connectivity index (χ1n) is 27.4. The third kappa shape index (κ3) is 16.3. The van der Waals surface area contributed by atoms with Gasteiger partial charge in [0, 0.05) is 73.3 Å². The van der Waals surface area contributed by atoms with E-state index in [2.05, 4.69) is 5.32 Å². The molecule has 2 aliphatic heterocycles. The van der Waals surface area contributed by atoms with E-state index < -0.39 is 119 Å². The topological polar surface area (TPSA) is 234 Å². The molecule has 6 atom stereocenters. The number of nitrogens with zero attached hydrogens (tertiary/aromatic N) is 3. The molecular formula is C58H80F2N4O15. The third-order valence-corrected chi connectivity index (χ3v) is 15.7. The van der Waals surface area contributed by atoms with E-state index in [4.69, 9.17) is 28.4 Å². The van der Waals surface area contributed by atoms with Crippen LogP contribution in [0.1, 0.15) is 140 Å². The average molecular weight is 1110 g/mol. The maximum Gasteiger partial charge on any atom is 0.345 e. The molecule has 0 bridgehead atoms. The summed E-state index contributed by atoms with van der Waals surface area (Å²) in [4.78, 5) is 113. The number of alkyl halides is 2. The summed E-state index contributed by atoms with van der Waals surface area (Å²) < 4.78 is 64.6. The van der Waals surface area contributed by atoms with Crippen LogP contribution in [0.4, 0.5) is 8.78 Å². The molecule has 2 heterocycles. The molecule has 2 saturated carbocycles. The predicted molar refractivity (Wildman–Crippen MR) is 283 cm³/mol. The SMILES string of the molecule is CNC1(C(=O)O[C@H](C)C(=O)N(C)[C@@H](CC(C)(C)F)C(=O)O[C@H](Cc2ccc(C3CCOCC3)cc2)C(=O)N(C)C2(C(=O)O[C@H](C)C(=O)N(C)[C@@H](CC(C)(C)F)C(=O)O[C@H](Cc3ccc(C4CCOCC4)cc3)C(=O)O)CC2)CC1. The van der Waals surface area contributed by atoms with Crippen molar-refractivity contribution in [2.24, 2.45) is 0 Å². The minimum atomic E-state index is -2.07. The number of hydrogen-bond acceptors (Lipinski definition) is 15. The number of carbonyl (C=O) groups excluding carboxylic acids is 7. The number of halogens is 2. The monoisotopic (exact) mass is 1110 g/mol. The maximum absolute atomic E-state index is 15.6. The fourth-order valence-electron chi connectivity index (χ4n) is 10.2. The molecule has 0 radical (unpaired) electrons. The van der Waals surface area contributed by atoms with Crippen molar-refractivity contribution in [2.75, 3.05) is 54.6 Å². The standard InChI is InChI=1S/C58H80F2N4O15/c1-35(76-53(72)57(61-7)23-24-57)47(65)62(8)43(33-55(3,4)59)51(70)78-45(31-37-11-15-39(16-12-37)41-19-27-74-28-20-41)49(67)64(10)58(25-26-58)54(73)77-36(2)48(66)63(9)44(34-56(5,6)60)52(71)79-46(50(68)69)32-38-13-17-40(18-14-38)42-21-29-75-30-22-42/h11-18,35-36,41-46,61H,19-34H2,1-10H3,(H,68,69)/t35-,36-,43+,44+,45-,46-/m1/s1. The summed E-state index contributed by atoms with van der Waals surface area (Å²) in [5.74, 6) is -7.58. The van der Waals surface area contributed by atoms with Crippen LogP contribution in [0.15, 0.2) is 48.5 Å². The fraction of sp³-hybridized carbons (Fsp3) is 0.655. The van der Waals surface area contributed by atoms with Gasteiger partial charge in [0.15, 0.2) is 18.3 Å². The maximum atomic E-state index is 15.6. The molecule has 2 aromatic rings. The zero-order valence-corrected chi connectivity index (χ0v) is 47.3. The Kier molecular flexibility index (Phi) is 20.5. The first-order valence-corrected chi connectivity index (χ1v) is 27.4. The Bertz CT molecular complexity index is 2490. The molecule has 4 aliphatic rings. The predicted octanol–water partition coefficient (Wildman–Crippen LogP) is 5.70. The summed E-state index contributed by atoms with van der Waals surface area (Å²) in [5.41, 5.74) is -3.47. The summed E-state index contributed by atoms with van der Waals surface area (Å²) in [6, 6.07) is 11.4. The largest absolute Gasteiger partial charge is 0.478 e. The zero-order chi connectivity index (χ0) is 58.2. The van der Waals surface area contributed by atoms with Crippen molar-refractivity contribution in [3.63, 3.8) is 0 Å². The number of nitrogens with one attached hydrogen (secondary N) is 1. The number of carbonyl (C=O) groups is 8. The number of carboxylic acid groups (broad SMARTS) is 1. The minimum Gasteiger partial charge on any atom is -0.478 e. The van der Waals surface area contributed by atoms with E-state index >= 15 is 8.78 Å². The van der Waals surface area contributed by atoms with Gasteiger partial charge in [0.25, 0.3) is 17.7 Å². The molecule has 79 heavy (non-hydrogen) atoms. The van der Waals surface area contributed by atoms with Crippen LogP contribution >= 0.6 is 0 Å². The van der Waals surface area contributed by atoms with Gasteiger partial charge in [0.05, 0.1) is 0 Å². The Morgan fingerprint density at radius 2 is 0.987 bits per heavy atom. The van der Waals surface area contributed by atoms with E-state index in [0.717, 1.165) is 51.5 Å². The number of amides is 3. The second kappa shape index (κ2) is 26.0. The molecule has 2 saturated heterocycles. The number of aliphatic carboxylic acids is 1. The molecular weight excluding hydrogens is 1030 g/mol. The summed E-state index contributed by atoms with van der Waals surface area (Å²) >= 11 is 0. The second-order valence-corrected chi connectivity index (χ2v) is 23.0. The van der Waals surface area contributed by atoms with Gasteiger partial charge in [-0.2, -0.15) is 0 Å². The van der Waals surface area contributed by atoms with E-state index in [1.807, 2.05) is 24.3 Å². The number of likely N-dealkylation sites (N-methyl/N-ethyl adjacent to an activating group) is 4. The third-order valence-electron chi connectivity index (χ3n) is 15.7. The van der Waals surface area contributed by atoms with E-state index in [-0.39, 0.29) is 31.6 Å². The fourth-order valence-corrected chi connectivity index (χ4v) is 10.2. The lowest BCUT2D eigenvalue weighted by Crippen LogP contribution is -2.55. The normalized spacial score (nSPS) is 19.4. The second-order valence-electron chi connectivity index (χ2n) is 23.0. The van der Waals surface area contributed by atoms with Crippen molar-refractivity contribution in [3.05, 3.63) is 70.8 Å². The lowest BCUT2D eigenvalue weighted by atomic mass is 9.90. The van der Waals surface area contributed by atoms with Gasteiger partial charge in [-0.15, -0.1) is 0 Å². The molecule has 19 nitrogen and oxygen atoms in total. The van der Waals surface area contributed by atoms with Crippen LogP contribution in [0.25, 0.3) is 0 Å². The van der Waals surface area contributed by atoms with Crippen LogP contribution in [0, 0.1) is 0 Å². The molecule has 0 aromatic heterocycles. The molecule has 3 amide bonds. The Morgan fingerprint density at radius 1 is 0.608 bits per heavy atom. The number of carboxylic acids is 1. The van der Waals surface area contributed by atoms with Gasteiger partial charge in [-0.05, 0) is 134 Å². The van der Waals surface area contributed by atoms with Gasteiger partial charge in [-0.25, -0.2) is 28.0 Å². The molecule has 6 rings (SSSR count). The Balaban J connectivity index is 1.17. The molecule has 2 aliphatic carbocycles. The lowest BCUT2D eigenvalue weighted by molar-refractivity contribution is -0.175. The summed E-state index contributed by atoms with van der Waals surface area (Å²) in [7, 11) is 5.33. The number of esters is 4. The lowest BCUT2D eigenvalue weighted by Gasteiger charge is -2.34. The van der Waals surface area contributed by atoms with E-state index in [0.29, 0.717) is 56.3 Å². The average Bonchev–Trinajstić information content (AvgIpc) is 4.48. The molecule has 2 N–H and O–H groups in total. The van der Waals surface area contributed by atoms with Crippen LogP contribution in [0.3, 0.4) is 0 Å². The highest BCUT2D eigenvalue weighted by atomic mass is 19.1. The van der Waals surface area contributed by atoms with Crippen molar-refractivity contribution in [3.8, 4) is 0 Å². The van der Waals surface area contributed by atoms with Crippen molar-refractivity contribution in [1.29, 1.82) is 0 Å². The minimum absolute atomic E-state index is 0.0620. The summed E-state index contributed by atoms with van der Waals surface area (Å²) in [5, 5.41) is 13.0. The number of ether oxygens (including phenoxy) is 6. The van der Waals surface area contributed by atoms with Gasteiger partial charge in [-0.3, -0.25) is 19.2 Å². The van der Waals surface area contributed by atoms with Crippen molar-refractivity contribution < 1.29 is 80.7 Å². The molecule has 4 fully saturated rings. The van der Waals surface area contributed by atoms with E-state index in [1.165, 1.54) is 62.7 Å². The van der Waals surface area contributed by atoms with Gasteiger partial charge >= 0.3 is 29.8 Å². The Morgan fingerprint density at radius 3 is 1.34 bits per heavy atom. The van der Waals surface area contributed by atoms with Crippen molar-refractivity contribution in [2.45, 2.75) is 189 Å². The van der Waals surface area contributed by atoms with Crippen LogP contribution in [-0.2, 0) is 79.6 Å². The highest BCUT2D eigenvalue weighted by molar-refractivity contribution is 5.96. The van der Waals surface area contributed by atoms with Gasteiger partial charge in [0.1, 0.15) is 34.5 Å². The number of rotatable bonds is 26. The number of benzene rings is 2. The number of hydrogen-bond donors (Lipinski definition) is 2. The van der Waals surface area contributed by atoms with Gasteiger partial charge in [0.2, 0.25) is 6.10 Å². The quantitative estimate of drug-likeness (QED) is 0.0849. The van der Waals surface area contributed by atoms with Gasteiger partial charge < -0.3 is 53.5 Å². The zero-order valence-electron chi connectivity index (χ0n) is 47.3. The molecule has 2 aromatic carbocycles. The van der Waals surface area contributed by atoms with Crippen LogP contribution < -0.4 is 5.32 Å². The van der Waals surface area contributed by atoms with E-state index in [9.17, 15) is 43.5 Å². The molecule has 21 heteroatoms. The van der Waals surface area contributed by atoms with Crippen LogP contribution in [0.5, 0.6) is 0 Å². The van der Waals surface area contributed by atoms with Crippen molar-refractivity contribution >= 4 is 47.6 Å². The Labute approximate surface area is 461 Å². The molecule has 0 spiro atoms. The van der Waals surface area contributed by atoms with Crippen LogP contribution in [0.2, 0.25) is 0 Å². The Hall–Kier alpha value is -6.06. The van der Waals surface area contributed by atoms with Crippen LogP contribution in [-0.4, -0.2) is 181 Å². The van der Waals surface area contributed by atoms with Crippen molar-refractivity contribution in [1.82, 2.24) is 20.0 Å². The summed E-state index contributed by atoms with van der Waals surface area (Å²) in [6.45, 7) is 9.84. The highest BCUT2D eigenvalue weighted by Gasteiger charge is 2.58. The first-order chi connectivity index (χ1) is 37.1. The highest BCUT2D eigenvalue weighted by Crippen LogP contribution is 2.43. The van der Waals surface area contributed by atoms with Gasteiger partial charge in [-0.1, -0.05) is 48.5 Å².